The second-order valence-electron chi connectivity index (χ2n) is 3.57. The monoisotopic (exact) mass is 287 g/mol. The average Bonchev–Trinajstić information content (AvgIpc) is 2.26. The van der Waals surface area contributed by atoms with Crippen LogP contribution in [-0.4, -0.2) is 31.0 Å². The number of ether oxygens (including phenoxy) is 1. The number of aliphatic hydroxyl groups is 1. The summed E-state index contributed by atoms with van der Waals surface area (Å²) in [6, 6.07) is 8.10. The Hall–Kier alpha value is -0.420. The molecule has 0 bridgehead atoms. The number of nitrogens with one attached hydrogen (secondary N) is 1. The fourth-order valence-electron chi connectivity index (χ4n) is 1.34. The van der Waals surface area contributed by atoms with Gasteiger partial charge in [0.25, 0.3) is 0 Å². The summed E-state index contributed by atoms with van der Waals surface area (Å²) in [7, 11) is 0. The summed E-state index contributed by atoms with van der Waals surface area (Å²) in [6.07, 6.45) is -0.438. The number of rotatable bonds is 7. The van der Waals surface area contributed by atoms with Gasteiger partial charge in [-0.1, -0.05) is 28.1 Å². The third-order valence-corrected chi connectivity index (χ3v) is 2.61. The van der Waals surface area contributed by atoms with E-state index < -0.39 is 6.10 Å². The van der Waals surface area contributed by atoms with Crippen LogP contribution in [0.5, 0.6) is 0 Å². The Kier molecular flexibility index (Phi) is 6.64. The zero-order valence-electron chi connectivity index (χ0n) is 9.45. The van der Waals surface area contributed by atoms with E-state index in [2.05, 4.69) is 27.3 Å². The highest BCUT2D eigenvalue weighted by Crippen LogP contribution is 2.11. The van der Waals surface area contributed by atoms with Crippen LogP contribution in [0.15, 0.2) is 28.7 Å². The number of hydrogen-bond donors (Lipinski definition) is 2. The number of benzene rings is 1. The maximum Gasteiger partial charge on any atom is 0.0897 e. The van der Waals surface area contributed by atoms with Crippen molar-refractivity contribution in [2.24, 2.45) is 0 Å². The van der Waals surface area contributed by atoms with Gasteiger partial charge in [0, 0.05) is 24.2 Å². The number of hydrogen-bond acceptors (Lipinski definition) is 3. The molecule has 0 saturated carbocycles. The van der Waals surface area contributed by atoms with Crippen molar-refractivity contribution in [3.05, 3.63) is 34.3 Å². The summed E-state index contributed by atoms with van der Waals surface area (Å²) < 4.78 is 6.19. The second kappa shape index (κ2) is 7.79. The SMILES string of the molecule is CCOCC(O)CNCc1cccc(Br)c1. The molecule has 16 heavy (non-hydrogen) atoms. The topological polar surface area (TPSA) is 41.5 Å². The molecule has 1 rings (SSSR count). The lowest BCUT2D eigenvalue weighted by atomic mass is 10.2. The maximum atomic E-state index is 9.52. The maximum absolute atomic E-state index is 9.52. The predicted octanol–water partition coefficient (Wildman–Crippen LogP) is 1.94. The molecule has 0 heterocycles. The van der Waals surface area contributed by atoms with E-state index in [1.165, 1.54) is 5.56 Å². The molecular formula is C12H18BrNO2. The molecule has 90 valence electrons. The normalized spacial score (nSPS) is 12.7. The largest absolute Gasteiger partial charge is 0.389 e. The molecule has 1 aromatic carbocycles. The van der Waals surface area contributed by atoms with E-state index in [4.69, 9.17) is 4.74 Å². The van der Waals surface area contributed by atoms with Gasteiger partial charge in [0.15, 0.2) is 0 Å². The van der Waals surface area contributed by atoms with Crippen LogP contribution in [0.1, 0.15) is 12.5 Å². The van der Waals surface area contributed by atoms with E-state index in [1.807, 2.05) is 25.1 Å². The fourth-order valence-corrected chi connectivity index (χ4v) is 1.79. The minimum Gasteiger partial charge on any atom is -0.389 e. The van der Waals surface area contributed by atoms with Crippen LogP contribution in [-0.2, 0) is 11.3 Å². The van der Waals surface area contributed by atoms with Gasteiger partial charge in [0.1, 0.15) is 0 Å². The molecule has 0 saturated heterocycles. The quantitative estimate of drug-likeness (QED) is 0.805. The molecular weight excluding hydrogens is 270 g/mol. The van der Waals surface area contributed by atoms with Crippen LogP contribution in [0.2, 0.25) is 0 Å². The van der Waals surface area contributed by atoms with Gasteiger partial charge in [-0.2, -0.15) is 0 Å². The van der Waals surface area contributed by atoms with Crippen molar-refractivity contribution in [1.82, 2.24) is 5.32 Å². The molecule has 1 atom stereocenters. The van der Waals surface area contributed by atoms with Crippen molar-refractivity contribution >= 4 is 15.9 Å². The van der Waals surface area contributed by atoms with Crippen LogP contribution in [0.4, 0.5) is 0 Å². The van der Waals surface area contributed by atoms with Gasteiger partial charge in [-0.25, -0.2) is 0 Å². The lowest BCUT2D eigenvalue weighted by Crippen LogP contribution is -2.30. The molecule has 0 spiro atoms. The van der Waals surface area contributed by atoms with Crippen LogP contribution >= 0.6 is 15.9 Å². The molecule has 2 N–H and O–H groups in total. The Morgan fingerprint density at radius 1 is 1.50 bits per heavy atom. The Morgan fingerprint density at radius 3 is 3.00 bits per heavy atom. The first-order valence-corrected chi connectivity index (χ1v) is 6.22. The molecule has 0 aliphatic heterocycles. The van der Waals surface area contributed by atoms with Crippen LogP contribution in [0.25, 0.3) is 0 Å². The highest BCUT2D eigenvalue weighted by Gasteiger charge is 2.02. The highest BCUT2D eigenvalue weighted by atomic mass is 79.9. The van der Waals surface area contributed by atoms with Crippen molar-refractivity contribution < 1.29 is 9.84 Å². The van der Waals surface area contributed by atoms with Crippen LogP contribution in [0.3, 0.4) is 0 Å². The van der Waals surface area contributed by atoms with Crippen molar-refractivity contribution in [1.29, 1.82) is 0 Å². The second-order valence-corrected chi connectivity index (χ2v) is 4.49. The van der Waals surface area contributed by atoms with E-state index in [-0.39, 0.29) is 0 Å². The summed E-state index contributed by atoms with van der Waals surface area (Å²) in [4.78, 5) is 0. The minimum atomic E-state index is -0.438. The number of halogens is 1. The molecule has 0 fully saturated rings. The summed E-state index contributed by atoms with van der Waals surface area (Å²) in [6.45, 7) is 4.25. The van der Waals surface area contributed by atoms with Crippen molar-refractivity contribution in [2.45, 2.75) is 19.6 Å². The predicted molar refractivity (Wildman–Crippen MR) is 68.3 cm³/mol. The van der Waals surface area contributed by atoms with E-state index >= 15 is 0 Å². The molecule has 0 aromatic heterocycles. The van der Waals surface area contributed by atoms with E-state index in [1.54, 1.807) is 0 Å². The molecule has 4 heteroatoms. The summed E-state index contributed by atoms with van der Waals surface area (Å²) in [5, 5.41) is 12.7. The Balaban J connectivity index is 2.20. The van der Waals surface area contributed by atoms with Gasteiger partial charge in [-0.05, 0) is 24.6 Å². The van der Waals surface area contributed by atoms with Crippen molar-refractivity contribution in [3.8, 4) is 0 Å². The van der Waals surface area contributed by atoms with E-state index in [0.29, 0.717) is 19.8 Å². The summed E-state index contributed by atoms with van der Waals surface area (Å²) >= 11 is 3.42. The Bertz CT molecular complexity index is 307. The first kappa shape index (κ1) is 13.6. The third kappa shape index (κ3) is 5.61. The van der Waals surface area contributed by atoms with Crippen LogP contribution in [0, 0.1) is 0 Å². The average molecular weight is 288 g/mol. The van der Waals surface area contributed by atoms with Gasteiger partial charge >= 0.3 is 0 Å². The van der Waals surface area contributed by atoms with Crippen LogP contribution < -0.4 is 5.32 Å². The Morgan fingerprint density at radius 2 is 2.31 bits per heavy atom. The zero-order chi connectivity index (χ0) is 11.8. The van der Waals surface area contributed by atoms with Gasteiger partial charge < -0.3 is 15.2 Å². The molecule has 1 aromatic rings. The molecule has 0 aliphatic rings. The third-order valence-electron chi connectivity index (χ3n) is 2.11. The molecule has 0 amide bonds. The van der Waals surface area contributed by atoms with Crippen molar-refractivity contribution in [2.75, 3.05) is 19.8 Å². The zero-order valence-corrected chi connectivity index (χ0v) is 11.0. The fraction of sp³-hybridized carbons (Fsp3) is 0.500. The van der Waals surface area contributed by atoms with Gasteiger partial charge in [0.2, 0.25) is 0 Å². The highest BCUT2D eigenvalue weighted by molar-refractivity contribution is 9.10. The lowest BCUT2D eigenvalue weighted by molar-refractivity contribution is 0.0427. The first-order valence-electron chi connectivity index (χ1n) is 5.43. The first-order chi connectivity index (χ1) is 7.72. The summed E-state index contributed by atoms with van der Waals surface area (Å²) in [5.41, 5.74) is 1.19. The van der Waals surface area contributed by atoms with Gasteiger partial charge in [-0.3, -0.25) is 0 Å². The van der Waals surface area contributed by atoms with Gasteiger partial charge in [0.05, 0.1) is 12.7 Å². The van der Waals surface area contributed by atoms with Gasteiger partial charge in [-0.15, -0.1) is 0 Å². The molecule has 1 unspecified atom stereocenters. The van der Waals surface area contributed by atoms with E-state index in [9.17, 15) is 5.11 Å². The lowest BCUT2D eigenvalue weighted by Gasteiger charge is -2.11. The number of aliphatic hydroxyl groups excluding tert-OH is 1. The Labute approximate surface area is 105 Å². The van der Waals surface area contributed by atoms with E-state index in [0.717, 1.165) is 11.0 Å². The molecule has 0 radical (unpaired) electrons. The molecule has 3 nitrogen and oxygen atoms in total. The minimum absolute atomic E-state index is 0.391. The molecule has 0 aliphatic carbocycles. The van der Waals surface area contributed by atoms with Crippen molar-refractivity contribution in [3.63, 3.8) is 0 Å². The standard InChI is InChI=1S/C12H18BrNO2/c1-2-16-9-12(15)8-14-7-10-4-3-5-11(13)6-10/h3-6,12,14-15H,2,7-9H2,1H3. The summed E-state index contributed by atoms with van der Waals surface area (Å²) in [5.74, 6) is 0. The smallest absolute Gasteiger partial charge is 0.0897 e.